The zero-order valence-electron chi connectivity index (χ0n) is 15.5. The zero-order chi connectivity index (χ0) is 19.9. The van der Waals surface area contributed by atoms with Gasteiger partial charge in [-0.25, -0.2) is 8.42 Å². The lowest BCUT2D eigenvalue weighted by Gasteiger charge is -2.16. The van der Waals surface area contributed by atoms with Crippen molar-refractivity contribution < 1.29 is 27.4 Å². The Bertz CT molecular complexity index is 847. The fourth-order valence-corrected chi connectivity index (χ4v) is 3.30. The Morgan fingerprint density at radius 1 is 0.963 bits per heavy atom. The molecule has 0 saturated heterocycles. The van der Waals surface area contributed by atoms with E-state index in [0.29, 0.717) is 11.5 Å². The van der Waals surface area contributed by atoms with E-state index >= 15 is 0 Å². The number of methoxy groups -OCH3 is 1. The third-order valence-electron chi connectivity index (χ3n) is 3.76. The summed E-state index contributed by atoms with van der Waals surface area (Å²) in [5.41, 5.74) is 0.952. The molecule has 0 spiro atoms. The second kappa shape index (κ2) is 9.38. The Balaban J connectivity index is 1.78. The fraction of sp³-hybridized carbons (Fsp3) is 0.316. The topological polar surface area (TPSA) is 82.1 Å². The van der Waals surface area contributed by atoms with Crippen LogP contribution in [0.25, 0.3) is 0 Å². The van der Waals surface area contributed by atoms with E-state index in [2.05, 4.69) is 0 Å². The van der Waals surface area contributed by atoms with Crippen molar-refractivity contribution in [3.05, 3.63) is 54.1 Å². The van der Waals surface area contributed by atoms with Gasteiger partial charge in [0.05, 0.1) is 12.0 Å². The van der Waals surface area contributed by atoms with Gasteiger partial charge in [-0.2, -0.15) is 4.31 Å². The largest absolute Gasteiger partial charge is 0.497 e. The van der Waals surface area contributed by atoms with Crippen molar-refractivity contribution in [1.29, 1.82) is 0 Å². The molecule has 0 aromatic heterocycles. The van der Waals surface area contributed by atoms with Crippen LogP contribution >= 0.6 is 0 Å². The summed E-state index contributed by atoms with van der Waals surface area (Å²) in [5.74, 6) is 0.684. The predicted octanol–water partition coefficient (Wildman–Crippen LogP) is 2.25. The van der Waals surface area contributed by atoms with E-state index in [0.717, 1.165) is 9.87 Å². The number of esters is 1. The van der Waals surface area contributed by atoms with Crippen LogP contribution in [0.15, 0.2) is 53.4 Å². The highest BCUT2D eigenvalue weighted by Gasteiger charge is 2.23. The molecule has 8 heteroatoms. The maximum absolute atomic E-state index is 12.4. The van der Waals surface area contributed by atoms with Crippen LogP contribution in [0.2, 0.25) is 0 Å². The molecule has 2 rings (SSSR count). The number of carbonyl (C=O) groups is 1. The first-order valence-corrected chi connectivity index (χ1v) is 9.72. The van der Waals surface area contributed by atoms with Crippen molar-refractivity contribution in [2.75, 3.05) is 33.9 Å². The Labute approximate surface area is 159 Å². The Kier molecular flexibility index (Phi) is 7.20. The van der Waals surface area contributed by atoms with Crippen LogP contribution in [-0.4, -0.2) is 52.6 Å². The van der Waals surface area contributed by atoms with Crippen LogP contribution < -0.4 is 9.47 Å². The van der Waals surface area contributed by atoms with Crippen molar-refractivity contribution in [2.45, 2.75) is 11.8 Å². The quantitative estimate of drug-likeness (QED) is 0.480. The predicted molar refractivity (Wildman–Crippen MR) is 100 cm³/mol. The van der Waals surface area contributed by atoms with Gasteiger partial charge in [0, 0.05) is 7.05 Å². The lowest BCUT2D eigenvalue weighted by Crippen LogP contribution is -2.33. The normalized spacial score (nSPS) is 11.3. The molecule has 2 aromatic carbocycles. The van der Waals surface area contributed by atoms with Crippen LogP contribution in [0.4, 0.5) is 0 Å². The molecule has 0 unspecified atom stereocenters. The zero-order valence-corrected chi connectivity index (χ0v) is 16.4. The van der Waals surface area contributed by atoms with Gasteiger partial charge in [-0.3, -0.25) is 4.79 Å². The number of benzene rings is 2. The highest BCUT2D eigenvalue weighted by Crippen LogP contribution is 2.17. The van der Waals surface area contributed by atoms with Crippen LogP contribution in [0.3, 0.4) is 0 Å². The second-order valence-electron chi connectivity index (χ2n) is 5.82. The summed E-state index contributed by atoms with van der Waals surface area (Å²) in [5, 5.41) is 0. The molecule has 0 heterocycles. The first-order chi connectivity index (χ1) is 12.8. The molecule has 0 saturated carbocycles. The van der Waals surface area contributed by atoms with Gasteiger partial charge in [-0.1, -0.05) is 17.7 Å². The number of sulfonamides is 1. The standard InChI is InChI=1S/C19H23NO6S/c1-15-4-10-18(11-5-15)27(22,23)20(2)14-19(21)26-13-12-25-17-8-6-16(24-3)7-9-17/h4-11H,12-14H2,1-3H3. The number of hydrogen-bond donors (Lipinski definition) is 0. The SMILES string of the molecule is COc1ccc(OCCOC(=O)CN(C)S(=O)(=O)c2ccc(C)cc2)cc1. The summed E-state index contributed by atoms with van der Waals surface area (Å²) in [4.78, 5) is 12.0. The molecule has 0 N–H and O–H groups in total. The number of likely N-dealkylation sites (N-methyl/N-ethyl adjacent to an activating group) is 1. The van der Waals surface area contributed by atoms with Crippen molar-refractivity contribution in [1.82, 2.24) is 4.31 Å². The molecular formula is C19H23NO6S. The minimum Gasteiger partial charge on any atom is -0.497 e. The van der Waals surface area contributed by atoms with Gasteiger partial charge in [-0.05, 0) is 43.3 Å². The fourth-order valence-electron chi connectivity index (χ4n) is 2.19. The van der Waals surface area contributed by atoms with Crippen LogP contribution in [0.1, 0.15) is 5.56 Å². The Hall–Kier alpha value is -2.58. The molecule has 2 aromatic rings. The van der Waals surface area contributed by atoms with E-state index in [1.54, 1.807) is 43.5 Å². The highest BCUT2D eigenvalue weighted by atomic mass is 32.2. The monoisotopic (exact) mass is 393 g/mol. The minimum absolute atomic E-state index is 0.0171. The van der Waals surface area contributed by atoms with Gasteiger partial charge >= 0.3 is 5.97 Å². The molecule has 0 aliphatic rings. The van der Waals surface area contributed by atoms with Gasteiger partial charge < -0.3 is 14.2 Å². The molecule has 0 radical (unpaired) electrons. The van der Waals surface area contributed by atoms with E-state index in [-0.39, 0.29) is 24.7 Å². The van der Waals surface area contributed by atoms with Crippen molar-refractivity contribution in [3.63, 3.8) is 0 Å². The smallest absolute Gasteiger partial charge is 0.321 e. The minimum atomic E-state index is -3.74. The summed E-state index contributed by atoms with van der Waals surface area (Å²) < 4.78 is 41.3. The molecule has 0 amide bonds. The molecule has 7 nitrogen and oxygen atoms in total. The number of aryl methyl sites for hydroxylation is 1. The van der Waals surface area contributed by atoms with E-state index < -0.39 is 16.0 Å². The molecule has 0 atom stereocenters. The lowest BCUT2D eigenvalue weighted by molar-refractivity contribution is -0.144. The molecule has 0 aliphatic carbocycles. The summed E-state index contributed by atoms with van der Waals surface area (Å²) in [6, 6.07) is 13.4. The number of nitrogens with zero attached hydrogens (tertiary/aromatic N) is 1. The third kappa shape index (κ3) is 5.97. The summed E-state index contributed by atoms with van der Waals surface area (Å²) in [6.45, 7) is 1.67. The molecule has 27 heavy (non-hydrogen) atoms. The molecule has 0 fully saturated rings. The number of carbonyl (C=O) groups excluding carboxylic acids is 1. The van der Waals surface area contributed by atoms with Crippen molar-refractivity contribution in [3.8, 4) is 11.5 Å². The lowest BCUT2D eigenvalue weighted by atomic mass is 10.2. The van der Waals surface area contributed by atoms with Gasteiger partial charge in [-0.15, -0.1) is 0 Å². The first kappa shape index (κ1) is 20.7. The van der Waals surface area contributed by atoms with E-state index in [9.17, 15) is 13.2 Å². The molecule has 0 bridgehead atoms. The maximum Gasteiger partial charge on any atom is 0.321 e. The summed E-state index contributed by atoms with van der Waals surface area (Å²) in [6.07, 6.45) is 0. The number of hydrogen-bond acceptors (Lipinski definition) is 6. The van der Waals surface area contributed by atoms with Crippen molar-refractivity contribution >= 4 is 16.0 Å². The average molecular weight is 393 g/mol. The second-order valence-corrected chi connectivity index (χ2v) is 7.86. The van der Waals surface area contributed by atoms with Crippen LogP contribution in [0, 0.1) is 6.92 Å². The third-order valence-corrected chi connectivity index (χ3v) is 5.57. The van der Waals surface area contributed by atoms with E-state index in [1.807, 2.05) is 6.92 Å². The summed E-state index contributed by atoms with van der Waals surface area (Å²) in [7, 11) is -0.829. The Morgan fingerprint density at radius 2 is 1.56 bits per heavy atom. The number of ether oxygens (including phenoxy) is 3. The highest BCUT2D eigenvalue weighted by molar-refractivity contribution is 7.89. The van der Waals surface area contributed by atoms with Crippen LogP contribution in [0.5, 0.6) is 11.5 Å². The molecule has 0 aliphatic heterocycles. The average Bonchev–Trinajstić information content (AvgIpc) is 2.66. The first-order valence-electron chi connectivity index (χ1n) is 8.28. The Morgan fingerprint density at radius 3 is 2.15 bits per heavy atom. The summed E-state index contributed by atoms with van der Waals surface area (Å²) >= 11 is 0. The maximum atomic E-state index is 12.4. The van der Waals surface area contributed by atoms with Gasteiger partial charge in [0.1, 0.15) is 31.3 Å². The van der Waals surface area contributed by atoms with E-state index in [1.165, 1.54) is 19.2 Å². The van der Waals surface area contributed by atoms with E-state index in [4.69, 9.17) is 14.2 Å². The van der Waals surface area contributed by atoms with Gasteiger partial charge in [0.2, 0.25) is 10.0 Å². The molecular weight excluding hydrogens is 370 g/mol. The van der Waals surface area contributed by atoms with Gasteiger partial charge in [0.25, 0.3) is 0 Å². The van der Waals surface area contributed by atoms with Crippen molar-refractivity contribution in [2.24, 2.45) is 0 Å². The van der Waals surface area contributed by atoms with Gasteiger partial charge in [0.15, 0.2) is 0 Å². The number of rotatable bonds is 9. The molecule has 146 valence electrons. The van der Waals surface area contributed by atoms with Crippen LogP contribution in [-0.2, 0) is 19.6 Å².